The molecular formula is C26H29F3N4O3S. The zero-order valence-corrected chi connectivity index (χ0v) is 21.7. The molecule has 0 atom stereocenters. The molecule has 0 saturated heterocycles. The summed E-state index contributed by atoms with van der Waals surface area (Å²) in [6, 6.07) is 14.0. The zero-order valence-electron chi connectivity index (χ0n) is 20.8. The van der Waals surface area contributed by atoms with E-state index in [1.54, 1.807) is 0 Å². The van der Waals surface area contributed by atoms with Gasteiger partial charge in [-0.15, -0.1) is 11.3 Å². The predicted molar refractivity (Wildman–Crippen MR) is 134 cm³/mol. The molecule has 1 amide bonds. The predicted octanol–water partition coefficient (Wildman–Crippen LogP) is 4.67. The zero-order chi connectivity index (χ0) is 27.0. The second-order valence-corrected chi connectivity index (χ2v) is 10.8. The largest absolute Gasteiger partial charge is 0.445 e. The molecule has 4 rings (SSSR count). The van der Waals surface area contributed by atoms with Crippen LogP contribution in [-0.2, 0) is 29.2 Å². The lowest BCUT2D eigenvalue weighted by molar-refractivity contribution is -0.144. The number of alkyl halides is 3. The number of nitrogens with zero attached hydrogens (tertiary/aromatic N) is 3. The number of likely N-dealkylation sites (N-methyl/N-ethyl adjacent to an activating group) is 1. The number of thiophene rings is 1. The van der Waals surface area contributed by atoms with E-state index in [-0.39, 0.29) is 29.0 Å². The quantitative estimate of drug-likeness (QED) is 0.445. The van der Waals surface area contributed by atoms with Crippen molar-refractivity contribution in [3.05, 3.63) is 64.7 Å². The number of aromatic nitrogens is 2. The van der Waals surface area contributed by atoms with E-state index in [4.69, 9.17) is 10.5 Å². The van der Waals surface area contributed by atoms with Crippen molar-refractivity contribution in [2.45, 2.75) is 49.4 Å². The molecule has 11 heteroatoms. The third kappa shape index (κ3) is 5.42. The molecule has 0 bridgehead atoms. The second kappa shape index (κ2) is 9.94. The van der Waals surface area contributed by atoms with Crippen LogP contribution in [0.5, 0.6) is 0 Å². The summed E-state index contributed by atoms with van der Waals surface area (Å²) in [4.78, 5) is 28.3. The van der Waals surface area contributed by atoms with Crippen molar-refractivity contribution in [3.8, 4) is 10.6 Å². The summed E-state index contributed by atoms with van der Waals surface area (Å²) >= 11 is 0.954. The van der Waals surface area contributed by atoms with Crippen molar-refractivity contribution in [1.29, 1.82) is 0 Å². The number of ether oxygens (including phenoxy) is 1. The molecule has 2 aromatic heterocycles. The van der Waals surface area contributed by atoms with Gasteiger partial charge in [0.15, 0.2) is 5.60 Å². The Hall–Kier alpha value is -3.18. The van der Waals surface area contributed by atoms with Crippen molar-refractivity contribution in [2.75, 3.05) is 14.1 Å². The van der Waals surface area contributed by atoms with Gasteiger partial charge in [-0.25, -0.2) is 4.79 Å². The molecule has 1 aromatic carbocycles. The highest BCUT2D eigenvalue weighted by Gasteiger charge is 2.50. The first kappa shape index (κ1) is 26.9. The minimum absolute atomic E-state index is 0.0952. The molecule has 0 radical (unpaired) electrons. The average Bonchev–Trinajstić information content (AvgIpc) is 3.48. The summed E-state index contributed by atoms with van der Waals surface area (Å²) in [5, 5.41) is 3.92. The number of benzene rings is 1. The minimum atomic E-state index is -4.55. The number of halogens is 3. The number of hydrogen-bond donors (Lipinski definition) is 1. The number of amides is 1. The molecule has 1 fully saturated rings. The van der Waals surface area contributed by atoms with Gasteiger partial charge in [0.2, 0.25) is 0 Å². The van der Waals surface area contributed by atoms with Crippen LogP contribution in [0.3, 0.4) is 0 Å². The van der Waals surface area contributed by atoms with Gasteiger partial charge in [-0.3, -0.25) is 9.48 Å². The highest BCUT2D eigenvalue weighted by molar-refractivity contribution is 7.17. The van der Waals surface area contributed by atoms with Gasteiger partial charge in [-0.2, -0.15) is 18.3 Å². The third-order valence-corrected chi connectivity index (χ3v) is 8.37. The topological polar surface area (TPSA) is 90.4 Å². The Morgan fingerprint density at radius 1 is 1.11 bits per heavy atom. The molecule has 1 aliphatic rings. The fourth-order valence-corrected chi connectivity index (χ4v) is 5.78. The summed E-state index contributed by atoms with van der Waals surface area (Å²) in [5.74, 6) is -1.44. The van der Waals surface area contributed by atoms with Crippen molar-refractivity contribution < 1.29 is 27.5 Å². The fourth-order valence-electron chi connectivity index (χ4n) is 4.94. The maximum absolute atomic E-state index is 13.1. The number of hydrogen-bond acceptors (Lipinski definition) is 6. The number of rotatable bonds is 7. The van der Waals surface area contributed by atoms with E-state index in [0.29, 0.717) is 17.7 Å². The van der Waals surface area contributed by atoms with Crippen molar-refractivity contribution in [2.24, 2.45) is 12.8 Å². The van der Waals surface area contributed by atoms with Gasteiger partial charge in [0.25, 0.3) is 5.91 Å². The van der Waals surface area contributed by atoms with Crippen molar-refractivity contribution >= 4 is 23.2 Å². The normalized spacial score (nSPS) is 22.2. The standard InChI is InChI=1S/C26H29F3N4O3S/c1-32(2)24(16-17-7-5-4-6-8-17)11-13-25(14-12-24,23(30)35)36-22(34)20-10-9-19(37-20)18-15-21(26(27,28)29)33(3)31-18/h4-10,15H,11-14,16H2,1-3H3,(H2,30,35). The van der Waals surface area contributed by atoms with Crippen LogP contribution in [0.2, 0.25) is 0 Å². The Bertz CT molecular complexity index is 1280. The highest BCUT2D eigenvalue weighted by Crippen LogP contribution is 2.42. The Kier molecular flexibility index (Phi) is 7.22. The molecule has 2 N–H and O–H groups in total. The Morgan fingerprint density at radius 3 is 2.30 bits per heavy atom. The molecule has 0 unspecified atom stereocenters. The Labute approximate surface area is 217 Å². The smallest absolute Gasteiger partial charge is 0.433 e. The Balaban J connectivity index is 1.51. The van der Waals surface area contributed by atoms with Crippen molar-refractivity contribution in [1.82, 2.24) is 14.7 Å². The molecule has 198 valence electrons. The van der Waals surface area contributed by atoms with Gasteiger partial charge in [0, 0.05) is 12.6 Å². The monoisotopic (exact) mass is 534 g/mol. The SMILES string of the molecule is CN(C)C1(Cc2ccccc2)CCC(OC(=O)c2ccc(-c3cc(C(F)(F)F)n(C)n3)s2)(C(N)=O)CC1. The van der Waals surface area contributed by atoms with E-state index in [1.807, 2.05) is 32.3 Å². The van der Waals surface area contributed by atoms with E-state index in [2.05, 4.69) is 22.1 Å². The first-order valence-corrected chi connectivity index (χ1v) is 12.6. The van der Waals surface area contributed by atoms with Crippen LogP contribution in [0, 0.1) is 0 Å². The molecule has 3 aromatic rings. The van der Waals surface area contributed by atoms with Crippen molar-refractivity contribution in [3.63, 3.8) is 0 Å². The molecule has 0 spiro atoms. The van der Waals surface area contributed by atoms with Crippen LogP contribution in [0.25, 0.3) is 10.6 Å². The van der Waals surface area contributed by atoms with Gasteiger partial charge in [-0.1, -0.05) is 30.3 Å². The summed E-state index contributed by atoms with van der Waals surface area (Å²) in [6.07, 6.45) is -2.04. The van der Waals surface area contributed by atoms with Crippen LogP contribution >= 0.6 is 11.3 Å². The van der Waals surface area contributed by atoms with Gasteiger partial charge < -0.3 is 15.4 Å². The maximum Gasteiger partial charge on any atom is 0.433 e. The summed E-state index contributed by atoms with van der Waals surface area (Å²) in [6.45, 7) is 0. The minimum Gasteiger partial charge on any atom is -0.445 e. The number of esters is 1. The van der Waals surface area contributed by atoms with Gasteiger partial charge in [0.05, 0.1) is 4.88 Å². The summed E-state index contributed by atoms with van der Waals surface area (Å²) in [7, 11) is 5.21. The number of aryl methyl sites for hydroxylation is 1. The maximum atomic E-state index is 13.1. The van der Waals surface area contributed by atoms with Crippen LogP contribution < -0.4 is 5.73 Å². The van der Waals surface area contributed by atoms with Gasteiger partial charge in [-0.05, 0) is 70.0 Å². The molecule has 0 aliphatic heterocycles. The number of primary amides is 1. The highest BCUT2D eigenvalue weighted by atomic mass is 32.1. The molecular weight excluding hydrogens is 505 g/mol. The van der Waals surface area contributed by atoms with Gasteiger partial charge in [0.1, 0.15) is 16.3 Å². The van der Waals surface area contributed by atoms with E-state index >= 15 is 0 Å². The first-order chi connectivity index (χ1) is 17.4. The molecule has 2 heterocycles. The lowest BCUT2D eigenvalue weighted by Gasteiger charge is -2.48. The second-order valence-electron chi connectivity index (χ2n) is 9.73. The molecule has 7 nitrogen and oxygen atoms in total. The van der Waals surface area contributed by atoms with Crippen LogP contribution in [0.4, 0.5) is 13.2 Å². The molecule has 1 aliphatic carbocycles. The first-order valence-electron chi connectivity index (χ1n) is 11.8. The molecule has 37 heavy (non-hydrogen) atoms. The lowest BCUT2D eigenvalue weighted by atomic mass is 9.70. The van der Waals surface area contributed by atoms with Crippen LogP contribution in [-0.4, -0.2) is 51.8 Å². The number of nitrogens with two attached hydrogens (primary N) is 1. The van der Waals surface area contributed by atoms with E-state index in [9.17, 15) is 22.8 Å². The average molecular weight is 535 g/mol. The van der Waals surface area contributed by atoms with E-state index in [0.717, 1.165) is 28.5 Å². The lowest BCUT2D eigenvalue weighted by Crippen LogP contribution is -2.57. The third-order valence-electron chi connectivity index (χ3n) is 7.28. The molecule has 1 saturated carbocycles. The number of carbonyl (C=O) groups excluding carboxylic acids is 2. The number of carbonyl (C=O) groups is 2. The Morgan fingerprint density at radius 2 is 1.76 bits per heavy atom. The van der Waals surface area contributed by atoms with E-state index in [1.165, 1.54) is 24.7 Å². The summed E-state index contributed by atoms with van der Waals surface area (Å²) in [5.41, 5.74) is 4.46. The van der Waals surface area contributed by atoms with Crippen LogP contribution in [0.1, 0.15) is 46.6 Å². The van der Waals surface area contributed by atoms with Gasteiger partial charge >= 0.3 is 12.1 Å². The van der Waals surface area contributed by atoms with Crippen LogP contribution in [0.15, 0.2) is 48.5 Å². The fraction of sp³-hybridized carbons (Fsp3) is 0.423. The van der Waals surface area contributed by atoms with E-state index < -0.39 is 29.3 Å². The summed E-state index contributed by atoms with van der Waals surface area (Å²) < 4.78 is 45.9.